The highest BCUT2D eigenvalue weighted by Gasteiger charge is 2.17. The van der Waals surface area contributed by atoms with Crippen molar-refractivity contribution in [2.45, 2.75) is 12.5 Å². The van der Waals surface area contributed by atoms with E-state index in [-0.39, 0.29) is 11.9 Å². The molecule has 0 bridgehead atoms. The Bertz CT molecular complexity index is 1110. The van der Waals surface area contributed by atoms with Crippen LogP contribution in [0, 0.1) is 0 Å². The molecular weight excluding hydrogens is 436 g/mol. The molecule has 0 aliphatic carbocycles. The zero-order valence-corrected chi connectivity index (χ0v) is 17.4. The van der Waals surface area contributed by atoms with E-state index in [0.29, 0.717) is 11.4 Å². The maximum absolute atomic E-state index is 12.6. The van der Waals surface area contributed by atoms with Crippen molar-refractivity contribution in [3.63, 3.8) is 0 Å². The highest BCUT2D eigenvalue weighted by atomic mass is 79.9. The Morgan fingerprint density at radius 3 is 2.89 bits per heavy atom. The standard InChI is InChI=1S/C21H19BrN4OS/c22-17-11-18(21(27)26-12-14(23)10-13-4-2-1-3-5-13)28-19(17)15-6-8-24-20-16(15)7-9-25-20/h1-9,11,14H,10,12,23H2,(H,24,25)(H,26,27). The second kappa shape index (κ2) is 8.26. The SMILES string of the molecule is NC(CNC(=O)c1cc(Br)c(-c2ccnc3[nH]ccc23)s1)Cc1ccccc1. The number of benzene rings is 1. The van der Waals surface area contributed by atoms with Gasteiger partial charge in [-0.25, -0.2) is 4.98 Å². The van der Waals surface area contributed by atoms with Crippen LogP contribution >= 0.6 is 27.3 Å². The normalized spacial score (nSPS) is 12.2. The van der Waals surface area contributed by atoms with Crippen molar-refractivity contribution in [1.29, 1.82) is 0 Å². The molecule has 28 heavy (non-hydrogen) atoms. The summed E-state index contributed by atoms with van der Waals surface area (Å²) in [5, 5.41) is 3.98. The van der Waals surface area contributed by atoms with Crippen LogP contribution in [0.4, 0.5) is 0 Å². The minimum Gasteiger partial charge on any atom is -0.350 e. The first-order chi connectivity index (χ1) is 13.6. The summed E-state index contributed by atoms with van der Waals surface area (Å²) in [4.78, 5) is 21.7. The summed E-state index contributed by atoms with van der Waals surface area (Å²) in [6.45, 7) is 0.426. The largest absolute Gasteiger partial charge is 0.350 e. The molecular formula is C21H19BrN4OS. The zero-order valence-electron chi connectivity index (χ0n) is 15.0. The summed E-state index contributed by atoms with van der Waals surface area (Å²) in [7, 11) is 0. The number of aromatic amines is 1. The Balaban J connectivity index is 1.46. The van der Waals surface area contributed by atoms with Crippen molar-refractivity contribution in [1.82, 2.24) is 15.3 Å². The Morgan fingerprint density at radius 1 is 1.25 bits per heavy atom. The van der Waals surface area contributed by atoms with Gasteiger partial charge in [-0.1, -0.05) is 30.3 Å². The molecule has 0 radical (unpaired) electrons. The van der Waals surface area contributed by atoms with Crippen LogP contribution in [0.3, 0.4) is 0 Å². The molecule has 0 spiro atoms. The van der Waals surface area contributed by atoms with Gasteiger partial charge in [0.1, 0.15) is 5.65 Å². The average Bonchev–Trinajstić information content (AvgIpc) is 3.33. The third-order valence-electron chi connectivity index (χ3n) is 4.48. The van der Waals surface area contributed by atoms with E-state index in [1.54, 1.807) is 6.20 Å². The minimum atomic E-state index is -0.131. The molecule has 0 aliphatic rings. The van der Waals surface area contributed by atoms with E-state index < -0.39 is 0 Å². The lowest BCUT2D eigenvalue weighted by Gasteiger charge is -2.12. The van der Waals surface area contributed by atoms with E-state index >= 15 is 0 Å². The Kier molecular flexibility index (Phi) is 5.57. The maximum Gasteiger partial charge on any atom is 0.261 e. The van der Waals surface area contributed by atoms with Gasteiger partial charge in [0.25, 0.3) is 5.91 Å². The molecule has 3 heterocycles. The van der Waals surface area contributed by atoms with Gasteiger partial charge in [0.2, 0.25) is 0 Å². The molecule has 5 nitrogen and oxygen atoms in total. The van der Waals surface area contributed by atoms with Crippen LogP contribution in [0.25, 0.3) is 21.5 Å². The number of hydrogen-bond acceptors (Lipinski definition) is 4. The molecule has 0 saturated carbocycles. The summed E-state index contributed by atoms with van der Waals surface area (Å²) in [5.74, 6) is -0.111. The summed E-state index contributed by atoms with van der Waals surface area (Å²) < 4.78 is 0.893. The highest BCUT2D eigenvalue weighted by Crippen LogP contribution is 2.39. The number of aromatic nitrogens is 2. The smallest absolute Gasteiger partial charge is 0.261 e. The second-order valence-electron chi connectivity index (χ2n) is 6.55. The van der Waals surface area contributed by atoms with Crippen molar-refractivity contribution < 1.29 is 4.79 Å². The maximum atomic E-state index is 12.6. The number of halogens is 1. The number of fused-ring (bicyclic) bond motifs is 1. The number of H-pyrrole nitrogens is 1. The number of carbonyl (C=O) groups excluding carboxylic acids is 1. The van der Waals surface area contributed by atoms with Gasteiger partial charge in [0.05, 0.1) is 9.75 Å². The lowest BCUT2D eigenvalue weighted by Crippen LogP contribution is -2.38. The van der Waals surface area contributed by atoms with Crippen molar-refractivity contribution in [3.05, 3.63) is 75.8 Å². The molecule has 1 aromatic carbocycles. The van der Waals surface area contributed by atoms with Crippen molar-refractivity contribution in [3.8, 4) is 10.4 Å². The van der Waals surface area contributed by atoms with Crippen LogP contribution in [-0.4, -0.2) is 28.5 Å². The molecule has 0 aliphatic heterocycles. The highest BCUT2D eigenvalue weighted by molar-refractivity contribution is 9.10. The topological polar surface area (TPSA) is 83.8 Å². The number of nitrogens with zero attached hydrogens (tertiary/aromatic N) is 1. The summed E-state index contributed by atoms with van der Waals surface area (Å²) in [6, 6.07) is 15.7. The minimum absolute atomic E-state index is 0.111. The number of nitrogens with two attached hydrogens (primary N) is 1. The van der Waals surface area contributed by atoms with Gasteiger partial charge in [0, 0.05) is 40.4 Å². The third-order valence-corrected chi connectivity index (χ3v) is 6.54. The van der Waals surface area contributed by atoms with Crippen LogP contribution in [0.5, 0.6) is 0 Å². The fourth-order valence-electron chi connectivity index (χ4n) is 3.12. The molecule has 4 N–H and O–H groups in total. The van der Waals surface area contributed by atoms with Crippen molar-refractivity contribution in [2.24, 2.45) is 5.73 Å². The monoisotopic (exact) mass is 454 g/mol. The van der Waals surface area contributed by atoms with Gasteiger partial charge in [-0.3, -0.25) is 4.79 Å². The average molecular weight is 455 g/mol. The first kappa shape index (κ1) is 18.9. The Morgan fingerprint density at radius 2 is 2.07 bits per heavy atom. The number of carbonyl (C=O) groups is 1. The molecule has 142 valence electrons. The van der Waals surface area contributed by atoms with Gasteiger partial charge in [0.15, 0.2) is 0 Å². The van der Waals surface area contributed by atoms with E-state index in [9.17, 15) is 4.79 Å². The first-order valence-corrected chi connectivity index (χ1v) is 10.5. The van der Waals surface area contributed by atoms with Crippen LogP contribution < -0.4 is 11.1 Å². The molecule has 1 amide bonds. The number of hydrogen-bond donors (Lipinski definition) is 3. The van der Waals surface area contributed by atoms with E-state index in [2.05, 4.69) is 31.2 Å². The van der Waals surface area contributed by atoms with Crippen molar-refractivity contribution >= 4 is 44.2 Å². The second-order valence-corrected chi connectivity index (χ2v) is 8.45. The summed E-state index contributed by atoms with van der Waals surface area (Å²) >= 11 is 5.05. The fourth-order valence-corrected chi connectivity index (χ4v) is 4.97. The summed E-state index contributed by atoms with van der Waals surface area (Å²) in [6.07, 6.45) is 4.36. The number of pyridine rings is 1. The lowest BCUT2D eigenvalue weighted by atomic mass is 10.1. The quantitative estimate of drug-likeness (QED) is 0.404. The molecule has 4 aromatic rings. The number of thiophene rings is 1. The van der Waals surface area contributed by atoms with Crippen LogP contribution in [-0.2, 0) is 6.42 Å². The molecule has 1 atom stereocenters. The van der Waals surface area contributed by atoms with Gasteiger partial charge in [-0.15, -0.1) is 11.3 Å². The Hall–Kier alpha value is -2.48. The predicted molar refractivity (Wildman–Crippen MR) is 118 cm³/mol. The molecule has 7 heteroatoms. The fraction of sp³-hybridized carbons (Fsp3) is 0.143. The molecule has 0 saturated heterocycles. The van der Waals surface area contributed by atoms with E-state index in [4.69, 9.17) is 5.73 Å². The van der Waals surface area contributed by atoms with Gasteiger partial charge >= 0.3 is 0 Å². The van der Waals surface area contributed by atoms with Gasteiger partial charge in [-0.2, -0.15) is 0 Å². The molecule has 1 unspecified atom stereocenters. The van der Waals surface area contributed by atoms with Crippen LogP contribution in [0.2, 0.25) is 0 Å². The summed E-state index contributed by atoms with van der Waals surface area (Å²) in [5.41, 5.74) is 9.22. The van der Waals surface area contributed by atoms with Gasteiger partial charge in [-0.05, 0) is 46.1 Å². The molecule has 4 rings (SSSR count). The number of amides is 1. The zero-order chi connectivity index (χ0) is 19.5. The molecule has 3 aromatic heterocycles. The predicted octanol–water partition coefficient (Wildman–Crippen LogP) is 4.35. The number of nitrogens with one attached hydrogen (secondary N) is 2. The van der Waals surface area contributed by atoms with Gasteiger partial charge < -0.3 is 16.0 Å². The third kappa shape index (κ3) is 4.01. The van der Waals surface area contributed by atoms with E-state index in [1.165, 1.54) is 16.9 Å². The van der Waals surface area contributed by atoms with Crippen molar-refractivity contribution in [2.75, 3.05) is 6.54 Å². The first-order valence-electron chi connectivity index (χ1n) is 8.91. The van der Waals surface area contributed by atoms with E-state index in [0.717, 1.165) is 32.4 Å². The van der Waals surface area contributed by atoms with E-state index in [1.807, 2.05) is 54.7 Å². The van der Waals surface area contributed by atoms with Crippen LogP contribution in [0.1, 0.15) is 15.2 Å². The lowest BCUT2D eigenvalue weighted by molar-refractivity contribution is 0.0955. The van der Waals surface area contributed by atoms with Crippen LogP contribution in [0.15, 0.2) is 65.4 Å². The number of rotatable bonds is 6. The Labute approximate surface area is 175 Å². The molecule has 0 fully saturated rings.